The predicted molar refractivity (Wildman–Crippen MR) is 57.4 cm³/mol. The number of carbonyl (C=O) groups excluding carboxylic acids is 1. The van der Waals surface area contributed by atoms with Gasteiger partial charge in [-0.05, 0) is 20.1 Å². The van der Waals surface area contributed by atoms with Crippen molar-refractivity contribution in [3.05, 3.63) is 18.4 Å². The maximum absolute atomic E-state index is 11.3. The number of amides is 1. The van der Waals surface area contributed by atoms with Gasteiger partial charge in [-0.1, -0.05) is 0 Å². The van der Waals surface area contributed by atoms with Gasteiger partial charge in [-0.25, -0.2) is 9.78 Å². The van der Waals surface area contributed by atoms with E-state index in [2.05, 4.69) is 10.3 Å². The number of thioether (sulfide) groups is 1. The summed E-state index contributed by atoms with van der Waals surface area (Å²) in [6, 6.07) is 0. The molecule has 0 saturated heterocycles. The minimum Gasteiger partial charge on any atom is -0.451 e. The summed E-state index contributed by atoms with van der Waals surface area (Å²) in [6.45, 7) is 3.96. The molecule has 0 aliphatic rings. The highest BCUT2D eigenvalue weighted by molar-refractivity contribution is 7.99. The van der Waals surface area contributed by atoms with Gasteiger partial charge in [-0.3, -0.25) is 0 Å². The van der Waals surface area contributed by atoms with Crippen molar-refractivity contribution in [2.24, 2.45) is 0 Å². The van der Waals surface area contributed by atoms with Crippen LogP contribution in [0.15, 0.2) is 17.1 Å². The van der Waals surface area contributed by atoms with Crippen LogP contribution in [0.4, 0.5) is 4.79 Å². The Morgan fingerprint density at radius 3 is 3.00 bits per heavy atom. The van der Waals surface area contributed by atoms with E-state index < -0.39 is 11.0 Å². The lowest BCUT2D eigenvalue weighted by Gasteiger charge is -2.22. The topological polar surface area (TPSA) is 64.4 Å². The van der Waals surface area contributed by atoms with Gasteiger partial charge >= 0.3 is 6.09 Å². The van der Waals surface area contributed by atoms with Crippen molar-refractivity contribution in [2.75, 3.05) is 6.26 Å². The molecule has 0 aliphatic heterocycles. The Morgan fingerprint density at radius 1 is 1.73 bits per heavy atom. The van der Waals surface area contributed by atoms with E-state index in [4.69, 9.17) is 9.15 Å². The molecule has 0 bridgehead atoms. The zero-order chi connectivity index (χ0) is 11.3. The minimum absolute atomic E-state index is 0.305. The maximum atomic E-state index is 11.3. The van der Waals surface area contributed by atoms with E-state index >= 15 is 0 Å². The third kappa shape index (κ3) is 4.24. The third-order valence-electron chi connectivity index (χ3n) is 1.73. The van der Waals surface area contributed by atoms with Gasteiger partial charge in [0, 0.05) is 0 Å². The van der Waals surface area contributed by atoms with Crippen LogP contribution >= 0.6 is 11.8 Å². The average Bonchev–Trinajstić information content (AvgIpc) is 2.66. The molecule has 0 unspecified atom stereocenters. The summed E-state index contributed by atoms with van der Waals surface area (Å²) >= 11 is 1.46. The predicted octanol–water partition coefficient (Wildman–Crippen LogP) is 2.00. The zero-order valence-corrected chi connectivity index (χ0v) is 9.76. The lowest BCUT2D eigenvalue weighted by atomic mass is 10.4. The molecule has 0 spiro atoms. The van der Waals surface area contributed by atoms with E-state index in [0.29, 0.717) is 12.2 Å². The normalized spacial score (nSPS) is 11.1. The second kappa shape index (κ2) is 5.06. The summed E-state index contributed by atoms with van der Waals surface area (Å²) < 4.78 is 9.90. The van der Waals surface area contributed by atoms with Gasteiger partial charge < -0.3 is 14.5 Å². The molecule has 1 aromatic heterocycles. The first-order valence-electron chi connectivity index (χ1n) is 4.42. The molecule has 1 aromatic rings. The molecular weight excluding hydrogens is 216 g/mol. The lowest BCUT2D eigenvalue weighted by molar-refractivity contribution is 0.0972. The molecule has 0 aliphatic carbocycles. The number of rotatable bonds is 4. The Morgan fingerprint density at radius 2 is 2.47 bits per heavy atom. The molecular formula is C9H14N2O3S. The van der Waals surface area contributed by atoms with Gasteiger partial charge in [-0.2, -0.15) is 0 Å². The fraction of sp³-hybridized carbons (Fsp3) is 0.556. The number of hydrogen-bond donors (Lipinski definition) is 1. The van der Waals surface area contributed by atoms with E-state index in [1.807, 2.05) is 20.1 Å². The molecule has 84 valence electrons. The largest absolute Gasteiger partial charge is 0.451 e. The summed E-state index contributed by atoms with van der Waals surface area (Å²) in [5.41, 5.74) is 0.661. The number of aromatic nitrogens is 1. The van der Waals surface area contributed by atoms with E-state index in [0.717, 1.165) is 0 Å². The SMILES string of the molecule is CSC(C)(C)OC(=O)NCc1cocn1. The summed E-state index contributed by atoms with van der Waals surface area (Å²) in [4.78, 5) is 14.7. The van der Waals surface area contributed by atoms with Crippen molar-refractivity contribution in [2.45, 2.75) is 25.3 Å². The standard InChI is InChI=1S/C9H14N2O3S/c1-9(2,15-3)14-8(12)10-4-7-5-13-6-11-7/h5-6H,4H2,1-3H3,(H,10,12). The molecule has 1 rings (SSSR count). The third-order valence-corrected chi connectivity index (χ3v) is 2.79. The summed E-state index contributed by atoms with van der Waals surface area (Å²) in [5.74, 6) is 0. The van der Waals surface area contributed by atoms with Crippen LogP contribution in [0.1, 0.15) is 19.5 Å². The van der Waals surface area contributed by atoms with Gasteiger partial charge in [-0.15, -0.1) is 11.8 Å². The van der Waals surface area contributed by atoms with Crippen molar-refractivity contribution in [1.29, 1.82) is 0 Å². The van der Waals surface area contributed by atoms with Crippen LogP contribution in [0.5, 0.6) is 0 Å². The molecule has 0 radical (unpaired) electrons. The van der Waals surface area contributed by atoms with Gasteiger partial charge in [0.15, 0.2) is 11.3 Å². The highest BCUT2D eigenvalue weighted by Crippen LogP contribution is 2.22. The smallest absolute Gasteiger partial charge is 0.408 e. The van der Waals surface area contributed by atoms with Crippen molar-refractivity contribution in [3.63, 3.8) is 0 Å². The molecule has 1 amide bonds. The molecule has 0 atom stereocenters. The fourth-order valence-electron chi connectivity index (χ4n) is 0.789. The molecule has 5 nitrogen and oxygen atoms in total. The van der Waals surface area contributed by atoms with Gasteiger partial charge in [0.05, 0.1) is 12.2 Å². The van der Waals surface area contributed by atoms with Crippen molar-refractivity contribution in [3.8, 4) is 0 Å². The Bertz CT molecular complexity index is 311. The van der Waals surface area contributed by atoms with Crippen molar-refractivity contribution >= 4 is 17.9 Å². The molecule has 1 N–H and O–H groups in total. The number of nitrogens with one attached hydrogen (secondary N) is 1. The average molecular weight is 230 g/mol. The highest BCUT2D eigenvalue weighted by atomic mass is 32.2. The Hall–Kier alpha value is -1.17. The maximum Gasteiger partial charge on any atom is 0.408 e. The molecule has 0 saturated carbocycles. The monoisotopic (exact) mass is 230 g/mol. The van der Waals surface area contributed by atoms with Crippen molar-refractivity contribution < 1.29 is 13.9 Å². The molecule has 0 aromatic carbocycles. The first kappa shape index (κ1) is 11.9. The fourth-order valence-corrected chi connectivity index (χ4v) is 0.948. The number of alkyl carbamates (subject to hydrolysis) is 1. The second-order valence-corrected chi connectivity index (χ2v) is 4.72. The number of oxazole rings is 1. The van der Waals surface area contributed by atoms with Crippen LogP contribution in [0.25, 0.3) is 0 Å². The quantitative estimate of drug-likeness (QED) is 0.801. The second-order valence-electron chi connectivity index (χ2n) is 3.33. The summed E-state index contributed by atoms with van der Waals surface area (Å²) in [6.07, 6.45) is 4.20. The number of carbonyl (C=O) groups is 1. The van der Waals surface area contributed by atoms with E-state index in [9.17, 15) is 4.79 Å². The summed E-state index contributed by atoms with van der Waals surface area (Å²) in [7, 11) is 0. The van der Waals surface area contributed by atoms with Gasteiger partial charge in [0.1, 0.15) is 6.26 Å². The van der Waals surface area contributed by atoms with Gasteiger partial charge in [0.25, 0.3) is 0 Å². The lowest BCUT2D eigenvalue weighted by Crippen LogP contribution is -2.32. The molecule has 6 heteroatoms. The van der Waals surface area contributed by atoms with Crippen LogP contribution in [-0.4, -0.2) is 22.3 Å². The molecule has 15 heavy (non-hydrogen) atoms. The van der Waals surface area contributed by atoms with Crippen LogP contribution < -0.4 is 5.32 Å². The van der Waals surface area contributed by atoms with E-state index in [1.165, 1.54) is 24.4 Å². The van der Waals surface area contributed by atoms with E-state index in [-0.39, 0.29) is 0 Å². The molecule has 1 heterocycles. The highest BCUT2D eigenvalue weighted by Gasteiger charge is 2.20. The Balaban J connectivity index is 2.31. The molecule has 0 fully saturated rings. The van der Waals surface area contributed by atoms with Crippen LogP contribution in [-0.2, 0) is 11.3 Å². The Kier molecular flexibility index (Phi) is 4.02. The Labute approximate surface area is 92.6 Å². The van der Waals surface area contributed by atoms with Crippen molar-refractivity contribution in [1.82, 2.24) is 10.3 Å². The number of nitrogens with zero attached hydrogens (tertiary/aromatic N) is 1. The van der Waals surface area contributed by atoms with Gasteiger partial charge in [0.2, 0.25) is 0 Å². The van der Waals surface area contributed by atoms with Crippen LogP contribution in [0, 0.1) is 0 Å². The first-order chi connectivity index (χ1) is 7.03. The number of ether oxygens (including phenoxy) is 1. The van der Waals surface area contributed by atoms with Crippen LogP contribution in [0.2, 0.25) is 0 Å². The summed E-state index contributed by atoms with van der Waals surface area (Å²) in [5, 5.41) is 2.58. The first-order valence-corrected chi connectivity index (χ1v) is 5.65. The minimum atomic E-state index is -0.520. The van der Waals surface area contributed by atoms with E-state index in [1.54, 1.807) is 0 Å². The van der Waals surface area contributed by atoms with Crippen LogP contribution in [0.3, 0.4) is 0 Å². The number of hydrogen-bond acceptors (Lipinski definition) is 5. The zero-order valence-electron chi connectivity index (χ0n) is 8.94.